The van der Waals surface area contributed by atoms with E-state index in [4.69, 9.17) is 13.9 Å². The Morgan fingerprint density at radius 1 is 1.04 bits per heavy atom. The quantitative estimate of drug-likeness (QED) is 0.854. The predicted octanol–water partition coefficient (Wildman–Crippen LogP) is 4.00. The first-order chi connectivity index (χ1) is 11.3. The van der Waals surface area contributed by atoms with Crippen LogP contribution in [0.1, 0.15) is 44.9 Å². The summed E-state index contributed by atoms with van der Waals surface area (Å²) >= 11 is 0. The van der Waals surface area contributed by atoms with Gasteiger partial charge in [0.15, 0.2) is 0 Å². The van der Waals surface area contributed by atoms with Crippen LogP contribution in [0.5, 0.6) is 6.08 Å². The molecule has 5 heteroatoms. The Morgan fingerprint density at radius 2 is 1.87 bits per heavy atom. The lowest BCUT2D eigenvalue weighted by Crippen LogP contribution is -2.32. The Balaban J connectivity index is 1.33. The van der Waals surface area contributed by atoms with Crippen LogP contribution in [-0.2, 0) is 4.74 Å². The Labute approximate surface area is 136 Å². The molecule has 2 fully saturated rings. The summed E-state index contributed by atoms with van der Waals surface area (Å²) in [7, 11) is 0. The van der Waals surface area contributed by atoms with E-state index < -0.39 is 0 Å². The minimum Gasteiger partial charge on any atom is -0.446 e. The first-order valence-electron chi connectivity index (χ1n) is 8.53. The number of hydrogen-bond donors (Lipinski definition) is 0. The van der Waals surface area contributed by atoms with Gasteiger partial charge in [-0.2, -0.15) is 0 Å². The number of ether oxygens (including phenoxy) is 2. The summed E-state index contributed by atoms with van der Waals surface area (Å²) in [4.78, 5) is 0. The zero-order valence-electron chi connectivity index (χ0n) is 13.2. The summed E-state index contributed by atoms with van der Waals surface area (Å²) in [5.74, 6) is 0.483. The number of aromatic nitrogens is 2. The van der Waals surface area contributed by atoms with Crippen molar-refractivity contribution in [3.63, 3.8) is 0 Å². The van der Waals surface area contributed by atoms with Crippen molar-refractivity contribution >= 4 is 0 Å². The molecule has 23 heavy (non-hydrogen) atoms. The van der Waals surface area contributed by atoms with E-state index in [1.165, 1.54) is 32.1 Å². The predicted molar refractivity (Wildman–Crippen MR) is 85.2 cm³/mol. The lowest BCUT2D eigenvalue weighted by Gasteiger charge is -2.33. The highest BCUT2D eigenvalue weighted by Gasteiger charge is 2.41. The third-order valence-corrected chi connectivity index (χ3v) is 4.92. The minimum atomic E-state index is 0.121. The van der Waals surface area contributed by atoms with Gasteiger partial charge in [0.1, 0.15) is 6.61 Å². The van der Waals surface area contributed by atoms with Crippen LogP contribution in [0.3, 0.4) is 0 Å². The van der Waals surface area contributed by atoms with Crippen LogP contribution in [0.25, 0.3) is 11.5 Å². The molecule has 122 valence electrons. The van der Waals surface area contributed by atoms with Crippen LogP contribution in [0.15, 0.2) is 34.7 Å². The van der Waals surface area contributed by atoms with Gasteiger partial charge in [0.2, 0.25) is 0 Å². The van der Waals surface area contributed by atoms with Crippen molar-refractivity contribution in [3.05, 3.63) is 30.3 Å². The summed E-state index contributed by atoms with van der Waals surface area (Å²) in [5, 5.41) is 8.00. The van der Waals surface area contributed by atoms with E-state index in [0.29, 0.717) is 12.5 Å². The monoisotopic (exact) mass is 314 g/mol. The van der Waals surface area contributed by atoms with Gasteiger partial charge in [-0.05, 0) is 37.8 Å². The lowest BCUT2D eigenvalue weighted by atomic mass is 9.83. The van der Waals surface area contributed by atoms with Crippen molar-refractivity contribution in [2.75, 3.05) is 6.61 Å². The second kappa shape index (κ2) is 6.32. The molecular formula is C18H22N2O3. The summed E-state index contributed by atoms with van der Waals surface area (Å²) in [6, 6.07) is 9.70. The molecule has 0 bridgehead atoms. The minimum absolute atomic E-state index is 0.121. The lowest BCUT2D eigenvalue weighted by molar-refractivity contribution is -0.0770. The van der Waals surface area contributed by atoms with Crippen LogP contribution < -0.4 is 4.74 Å². The molecule has 1 saturated carbocycles. The molecule has 2 aliphatic rings. The summed E-state index contributed by atoms with van der Waals surface area (Å²) < 4.78 is 17.5. The first kappa shape index (κ1) is 14.7. The van der Waals surface area contributed by atoms with Crippen molar-refractivity contribution in [1.82, 2.24) is 10.2 Å². The third kappa shape index (κ3) is 3.24. The van der Waals surface area contributed by atoms with E-state index in [0.717, 1.165) is 18.4 Å². The Morgan fingerprint density at radius 3 is 2.70 bits per heavy atom. The highest BCUT2D eigenvalue weighted by molar-refractivity contribution is 5.51. The molecule has 0 N–H and O–H groups in total. The van der Waals surface area contributed by atoms with Crippen molar-refractivity contribution in [3.8, 4) is 17.5 Å². The maximum Gasteiger partial charge on any atom is 0.415 e. The zero-order valence-corrected chi connectivity index (χ0v) is 13.2. The molecule has 1 aromatic heterocycles. The Kier molecular flexibility index (Phi) is 4.04. The molecule has 4 rings (SSSR count). The van der Waals surface area contributed by atoms with E-state index in [2.05, 4.69) is 10.2 Å². The van der Waals surface area contributed by atoms with Gasteiger partial charge in [-0.1, -0.05) is 42.6 Å². The van der Waals surface area contributed by atoms with Gasteiger partial charge in [-0.25, -0.2) is 0 Å². The second-order valence-corrected chi connectivity index (χ2v) is 6.57. The van der Waals surface area contributed by atoms with Crippen molar-refractivity contribution in [2.24, 2.45) is 0 Å². The number of hydrogen-bond acceptors (Lipinski definition) is 5. The molecule has 1 spiro atoms. The average molecular weight is 314 g/mol. The molecular weight excluding hydrogens is 292 g/mol. The normalized spacial score (nSPS) is 23.2. The standard InChI is InChI=1S/C18H22N2O3/c1-3-7-14(8-4-1)16-19-20-17(22-16)21-13-15-9-12-18(23-15)10-5-2-6-11-18/h1,3-4,7-8,15H,2,5-6,9-13H2. The summed E-state index contributed by atoms with van der Waals surface area (Å²) in [6.07, 6.45) is 8.88. The van der Waals surface area contributed by atoms with Crippen molar-refractivity contribution in [1.29, 1.82) is 0 Å². The third-order valence-electron chi connectivity index (χ3n) is 4.92. The molecule has 1 unspecified atom stereocenters. The number of benzene rings is 1. The van der Waals surface area contributed by atoms with Gasteiger partial charge in [-0.15, -0.1) is 5.10 Å². The van der Waals surface area contributed by atoms with Gasteiger partial charge >= 0.3 is 6.08 Å². The fourth-order valence-corrected chi connectivity index (χ4v) is 3.71. The Hall–Kier alpha value is -1.88. The van der Waals surface area contributed by atoms with E-state index >= 15 is 0 Å². The maximum absolute atomic E-state index is 6.29. The average Bonchev–Trinajstić information content (AvgIpc) is 3.22. The fraction of sp³-hybridized carbons (Fsp3) is 0.556. The highest BCUT2D eigenvalue weighted by Crippen LogP contribution is 2.41. The van der Waals surface area contributed by atoms with Gasteiger partial charge < -0.3 is 13.9 Å². The molecule has 1 aliphatic heterocycles. The van der Waals surface area contributed by atoms with Gasteiger partial charge in [0.25, 0.3) is 5.89 Å². The molecule has 1 aliphatic carbocycles. The smallest absolute Gasteiger partial charge is 0.415 e. The molecule has 1 atom stereocenters. The molecule has 5 nitrogen and oxygen atoms in total. The number of nitrogens with zero attached hydrogens (tertiary/aromatic N) is 2. The molecule has 2 heterocycles. The molecule has 0 radical (unpaired) electrons. The van der Waals surface area contributed by atoms with Crippen LogP contribution >= 0.6 is 0 Å². The van der Waals surface area contributed by atoms with Gasteiger partial charge in [-0.3, -0.25) is 0 Å². The van der Waals surface area contributed by atoms with Crippen LogP contribution in [0, 0.1) is 0 Å². The second-order valence-electron chi connectivity index (χ2n) is 6.57. The highest BCUT2D eigenvalue weighted by atomic mass is 16.6. The fourth-order valence-electron chi connectivity index (χ4n) is 3.71. The molecule has 1 aromatic carbocycles. The maximum atomic E-state index is 6.29. The molecule has 1 saturated heterocycles. The first-order valence-corrected chi connectivity index (χ1v) is 8.53. The molecule has 0 amide bonds. The zero-order chi connectivity index (χ0) is 15.5. The van der Waals surface area contributed by atoms with Crippen molar-refractivity contribution < 1.29 is 13.9 Å². The van der Waals surface area contributed by atoms with E-state index in [9.17, 15) is 0 Å². The number of rotatable bonds is 4. The van der Waals surface area contributed by atoms with Gasteiger partial charge in [0.05, 0.1) is 11.7 Å². The van der Waals surface area contributed by atoms with E-state index in [1.807, 2.05) is 30.3 Å². The van der Waals surface area contributed by atoms with E-state index in [1.54, 1.807) is 0 Å². The topological polar surface area (TPSA) is 57.4 Å². The van der Waals surface area contributed by atoms with Crippen LogP contribution in [0.2, 0.25) is 0 Å². The summed E-state index contributed by atoms with van der Waals surface area (Å²) in [5.41, 5.74) is 1.02. The van der Waals surface area contributed by atoms with Gasteiger partial charge in [0, 0.05) is 5.56 Å². The Bertz CT molecular complexity index is 635. The van der Waals surface area contributed by atoms with Crippen LogP contribution in [0.4, 0.5) is 0 Å². The summed E-state index contributed by atoms with van der Waals surface area (Å²) in [6.45, 7) is 0.484. The largest absolute Gasteiger partial charge is 0.446 e. The SMILES string of the molecule is c1ccc(-c2nnc(OCC3CCC4(CCCCC4)O3)o2)cc1. The molecule has 2 aromatic rings. The van der Waals surface area contributed by atoms with Crippen LogP contribution in [-0.4, -0.2) is 28.5 Å². The van der Waals surface area contributed by atoms with E-state index in [-0.39, 0.29) is 17.8 Å². The van der Waals surface area contributed by atoms with Crippen molar-refractivity contribution in [2.45, 2.75) is 56.7 Å².